The van der Waals surface area contributed by atoms with Crippen molar-refractivity contribution in [3.05, 3.63) is 18.2 Å². The van der Waals surface area contributed by atoms with Gasteiger partial charge in [0, 0.05) is 44.0 Å². The Morgan fingerprint density at radius 3 is 2.33 bits per heavy atom. The molecule has 0 aromatic carbocycles. The predicted molar refractivity (Wildman–Crippen MR) is 107 cm³/mol. The molecule has 5 heteroatoms. The van der Waals surface area contributed by atoms with Crippen molar-refractivity contribution in [1.29, 1.82) is 0 Å². The topological polar surface area (TPSA) is 41.4 Å². The highest BCUT2D eigenvalue weighted by Crippen LogP contribution is 2.29. The van der Waals surface area contributed by atoms with E-state index in [-0.39, 0.29) is 5.92 Å². The van der Waals surface area contributed by atoms with Crippen LogP contribution >= 0.6 is 0 Å². The molecule has 1 amide bonds. The van der Waals surface area contributed by atoms with Crippen LogP contribution in [0.25, 0.3) is 0 Å². The summed E-state index contributed by atoms with van der Waals surface area (Å²) in [5, 5.41) is 0. The fourth-order valence-corrected chi connectivity index (χ4v) is 5.43. The minimum absolute atomic E-state index is 0.275. The summed E-state index contributed by atoms with van der Waals surface area (Å²) >= 11 is 0. The van der Waals surface area contributed by atoms with E-state index < -0.39 is 0 Å². The number of nitrogens with zero attached hydrogens (tertiary/aromatic N) is 4. The van der Waals surface area contributed by atoms with E-state index in [4.69, 9.17) is 0 Å². The number of rotatable bonds is 4. The first kappa shape index (κ1) is 19.0. The molecular weight excluding hydrogens is 336 g/mol. The molecule has 3 fully saturated rings. The molecule has 0 radical (unpaired) electrons. The quantitative estimate of drug-likeness (QED) is 0.813. The summed E-state index contributed by atoms with van der Waals surface area (Å²) in [5.41, 5.74) is 0. The second kappa shape index (κ2) is 8.76. The summed E-state index contributed by atoms with van der Waals surface area (Å²) in [4.78, 5) is 22.2. The van der Waals surface area contributed by atoms with Gasteiger partial charge in [-0.1, -0.05) is 19.3 Å². The van der Waals surface area contributed by atoms with Gasteiger partial charge in [-0.25, -0.2) is 4.98 Å². The highest BCUT2D eigenvalue weighted by Gasteiger charge is 2.33. The minimum Gasteiger partial charge on any atom is -0.342 e. The number of carbonyl (C=O) groups is 1. The second-order valence-corrected chi connectivity index (χ2v) is 9.00. The Morgan fingerprint density at radius 1 is 1.00 bits per heavy atom. The molecule has 0 spiro atoms. The maximum Gasteiger partial charge on any atom is 0.225 e. The first-order valence-corrected chi connectivity index (χ1v) is 11.2. The van der Waals surface area contributed by atoms with E-state index in [0.29, 0.717) is 11.8 Å². The fraction of sp³-hybridized carbons (Fsp3) is 0.818. The zero-order valence-corrected chi connectivity index (χ0v) is 17.0. The molecular formula is C22H36N4O. The Bertz CT molecular complexity index is 606. The molecule has 1 aromatic heterocycles. The summed E-state index contributed by atoms with van der Waals surface area (Å²) in [6, 6.07) is 0.803. The van der Waals surface area contributed by atoms with E-state index in [0.717, 1.165) is 70.3 Å². The smallest absolute Gasteiger partial charge is 0.225 e. The van der Waals surface area contributed by atoms with Gasteiger partial charge < -0.3 is 14.4 Å². The SMILES string of the molecule is Cc1nccn1CC1CCN(C(=O)C2CCN(C3CCCCC3)CC2)CC1. The Kier molecular flexibility index (Phi) is 6.16. The third-order valence-corrected chi connectivity index (χ3v) is 7.27. The zero-order chi connectivity index (χ0) is 18.6. The van der Waals surface area contributed by atoms with Crippen LogP contribution in [0.2, 0.25) is 0 Å². The van der Waals surface area contributed by atoms with Crippen LogP contribution in [0.5, 0.6) is 0 Å². The van der Waals surface area contributed by atoms with Crippen LogP contribution in [-0.4, -0.2) is 57.5 Å². The summed E-state index contributed by atoms with van der Waals surface area (Å²) in [6.07, 6.45) is 15.3. The van der Waals surface area contributed by atoms with Gasteiger partial charge in [0.15, 0.2) is 0 Å². The minimum atomic E-state index is 0.275. The maximum atomic E-state index is 13.0. The van der Waals surface area contributed by atoms with Crippen LogP contribution in [0, 0.1) is 18.8 Å². The molecule has 2 aliphatic heterocycles. The molecule has 150 valence electrons. The summed E-state index contributed by atoms with van der Waals surface area (Å²) < 4.78 is 2.25. The predicted octanol–water partition coefficient (Wildman–Crippen LogP) is 3.47. The van der Waals surface area contributed by atoms with Gasteiger partial charge in [0.2, 0.25) is 5.91 Å². The van der Waals surface area contributed by atoms with Crippen molar-refractivity contribution >= 4 is 5.91 Å². The number of hydrogen-bond acceptors (Lipinski definition) is 3. The summed E-state index contributed by atoms with van der Waals surface area (Å²) in [6.45, 7) is 7.28. The highest BCUT2D eigenvalue weighted by atomic mass is 16.2. The van der Waals surface area contributed by atoms with Gasteiger partial charge in [-0.3, -0.25) is 4.79 Å². The Morgan fingerprint density at radius 2 is 1.70 bits per heavy atom. The maximum absolute atomic E-state index is 13.0. The first-order valence-electron chi connectivity index (χ1n) is 11.2. The number of piperidine rings is 2. The lowest BCUT2D eigenvalue weighted by Crippen LogP contribution is -2.48. The van der Waals surface area contributed by atoms with Crippen LogP contribution < -0.4 is 0 Å². The molecule has 0 bridgehead atoms. The fourth-order valence-electron chi connectivity index (χ4n) is 5.43. The van der Waals surface area contributed by atoms with Crippen LogP contribution in [0.1, 0.15) is 63.6 Å². The summed E-state index contributed by atoms with van der Waals surface area (Å²) in [7, 11) is 0. The van der Waals surface area contributed by atoms with Crippen molar-refractivity contribution in [3.8, 4) is 0 Å². The normalized spacial score (nSPS) is 24.4. The van der Waals surface area contributed by atoms with E-state index in [9.17, 15) is 4.79 Å². The lowest BCUT2D eigenvalue weighted by molar-refractivity contribution is -0.138. The Labute approximate surface area is 164 Å². The zero-order valence-electron chi connectivity index (χ0n) is 17.0. The molecule has 1 saturated carbocycles. The Hall–Kier alpha value is -1.36. The van der Waals surface area contributed by atoms with Crippen molar-refractivity contribution in [1.82, 2.24) is 19.4 Å². The van der Waals surface area contributed by atoms with Crippen molar-refractivity contribution in [2.24, 2.45) is 11.8 Å². The molecule has 3 heterocycles. The lowest BCUT2D eigenvalue weighted by atomic mass is 9.89. The number of carbonyl (C=O) groups excluding carboxylic acids is 1. The van der Waals surface area contributed by atoms with Crippen molar-refractivity contribution < 1.29 is 4.79 Å². The molecule has 0 unspecified atom stereocenters. The third-order valence-electron chi connectivity index (χ3n) is 7.27. The Balaban J connectivity index is 1.21. The number of aryl methyl sites for hydroxylation is 1. The van der Waals surface area contributed by atoms with Crippen LogP contribution in [-0.2, 0) is 11.3 Å². The van der Waals surface area contributed by atoms with Crippen LogP contribution in [0.3, 0.4) is 0 Å². The standard InChI is InChI=1S/C22H36N4O/c1-18-23-11-16-26(18)17-19-7-12-25(13-8-19)22(27)20-9-14-24(15-10-20)21-5-3-2-4-6-21/h11,16,19-21H,2-10,12-15,17H2,1H3. The summed E-state index contributed by atoms with van der Waals surface area (Å²) in [5.74, 6) is 2.49. The van der Waals surface area contributed by atoms with E-state index >= 15 is 0 Å². The molecule has 2 saturated heterocycles. The molecule has 1 aromatic rings. The lowest BCUT2D eigenvalue weighted by Gasteiger charge is -2.41. The number of likely N-dealkylation sites (tertiary alicyclic amines) is 2. The second-order valence-electron chi connectivity index (χ2n) is 9.00. The number of hydrogen-bond donors (Lipinski definition) is 0. The van der Waals surface area contributed by atoms with E-state index in [2.05, 4.69) is 32.5 Å². The molecule has 5 nitrogen and oxygen atoms in total. The van der Waals surface area contributed by atoms with Crippen molar-refractivity contribution in [3.63, 3.8) is 0 Å². The van der Waals surface area contributed by atoms with E-state index in [1.165, 1.54) is 32.1 Å². The number of aromatic nitrogens is 2. The van der Waals surface area contributed by atoms with Gasteiger partial charge in [0.25, 0.3) is 0 Å². The monoisotopic (exact) mass is 372 g/mol. The van der Waals surface area contributed by atoms with Crippen LogP contribution in [0.4, 0.5) is 0 Å². The van der Waals surface area contributed by atoms with Gasteiger partial charge in [-0.05, 0) is 64.5 Å². The highest BCUT2D eigenvalue weighted by molar-refractivity contribution is 5.79. The van der Waals surface area contributed by atoms with Crippen molar-refractivity contribution in [2.45, 2.75) is 77.3 Å². The van der Waals surface area contributed by atoms with E-state index in [1.54, 1.807) is 0 Å². The molecule has 4 rings (SSSR count). The van der Waals surface area contributed by atoms with Crippen LogP contribution in [0.15, 0.2) is 12.4 Å². The largest absolute Gasteiger partial charge is 0.342 e. The average molecular weight is 373 g/mol. The van der Waals surface area contributed by atoms with Gasteiger partial charge in [-0.15, -0.1) is 0 Å². The molecule has 1 aliphatic carbocycles. The molecule has 0 atom stereocenters. The number of imidazole rings is 1. The first-order chi connectivity index (χ1) is 13.2. The number of amides is 1. The van der Waals surface area contributed by atoms with Gasteiger partial charge in [0.05, 0.1) is 0 Å². The molecule has 3 aliphatic rings. The molecule has 27 heavy (non-hydrogen) atoms. The average Bonchev–Trinajstić information content (AvgIpc) is 3.13. The van der Waals surface area contributed by atoms with Crippen molar-refractivity contribution in [2.75, 3.05) is 26.2 Å². The van der Waals surface area contributed by atoms with E-state index in [1.807, 2.05) is 6.20 Å². The third kappa shape index (κ3) is 4.56. The molecule has 0 N–H and O–H groups in total. The van der Waals surface area contributed by atoms with Gasteiger partial charge in [-0.2, -0.15) is 0 Å². The van der Waals surface area contributed by atoms with Gasteiger partial charge in [0.1, 0.15) is 5.82 Å². The van der Waals surface area contributed by atoms with Gasteiger partial charge >= 0.3 is 0 Å².